The summed E-state index contributed by atoms with van der Waals surface area (Å²) >= 11 is 0. The van der Waals surface area contributed by atoms with E-state index in [1.54, 1.807) is 18.2 Å². The number of fused-ring (bicyclic) bond motifs is 1. The third kappa shape index (κ3) is 5.33. The van der Waals surface area contributed by atoms with Gasteiger partial charge < -0.3 is 28.4 Å². The Morgan fingerprint density at radius 2 is 1.59 bits per heavy atom. The lowest BCUT2D eigenvalue weighted by Gasteiger charge is -2.13. The van der Waals surface area contributed by atoms with E-state index in [0.717, 1.165) is 10.9 Å². The number of esters is 1. The summed E-state index contributed by atoms with van der Waals surface area (Å²) in [4.78, 5) is 21.8. The summed E-state index contributed by atoms with van der Waals surface area (Å²) in [5, 5.41) is 0.843. The predicted molar refractivity (Wildman–Crippen MR) is 146 cm³/mol. The molecule has 198 valence electrons. The van der Waals surface area contributed by atoms with E-state index in [2.05, 4.69) is 9.98 Å². The Balaban J connectivity index is 1.45. The number of aliphatic imine (C=N–C) groups is 1. The molecule has 9 nitrogen and oxygen atoms in total. The average Bonchev–Trinajstić information content (AvgIpc) is 3.34. The molecule has 1 aliphatic rings. The number of carbonyl (C=O) groups is 1. The lowest BCUT2D eigenvalue weighted by molar-refractivity contribution is -0.129. The minimum Gasteiger partial charge on any atom is -0.493 e. The molecular formula is C30H26N2O7. The SMILES string of the molecule is COc1cc(C2=N/C(=C\c3cc4ccc(OCc5ccccc5)cc4nc3OC)C(=O)O2)cc(OC)c1OC. The Morgan fingerprint density at radius 3 is 2.26 bits per heavy atom. The molecule has 39 heavy (non-hydrogen) atoms. The number of nitrogens with zero attached hydrogens (tertiary/aromatic N) is 2. The van der Waals surface area contributed by atoms with Crippen molar-refractivity contribution in [3.63, 3.8) is 0 Å². The lowest BCUT2D eigenvalue weighted by Crippen LogP contribution is -2.07. The normalized spacial score (nSPS) is 13.7. The summed E-state index contributed by atoms with van der Waals surface area (Å²) < 4.78 is 33.1. The van der Waals surface area contributed by atoms with Crippen LogP contribution < -0.4 is 23.7 Å². The Hall–Kier alpha value is -5.05. The Kier molecular flexibility index (Phi) is 7.31. The molecule has 0 fully saturated rings. The number of hydrogen-bond donors (Lipinski definition) is 0. The molecule has 1 aromatic heterocycles. The van der Waals surface area contributed by atoms with E-state index in [0.29, 0.717) is 52.1 Å². The standard InChI is InChI=1S/C30H26N2O7/c1-34-25-14-21(15-26(35-2)27(25)36-3)29-32-24(30(33)39-29)13-20-12-19-10-11-22(16-23(19)31-28(20)37-4)38-17-18-8-6-5-7-9-18/h5-16H,17H2,1-4H3/b24-13-. The van der Waals surface area contributed by atoms with Crippen LogP contribution in [-0.2, 0) is 16.1 Å². The quantitative estimate of drug-likeness (QED) is 0.217. The first-order valence-electron chi connectivity index (χ1n) is 12.0. The van der Waals surface area contributed by atoms with Crippen molar-refractivity contribution in [3.05, 3.63) is 89.1 Å². The van der Waals surface area contributed by atoms with Crippen LogP contribution >= 0.6 is 0 Å². The van der Waals surface area contributed by atoms with Crippen molar-refractivity contribution in [2.24, 2.45) is 4.99 Å². The van der Waals surface area contributed by atoms with Gasteiger partial charge in [0, 0.05) is 22.6 Å². The molecule has 2 heterocycles. The molecule has 0 amide bonds. The third-order valence-electron chi connectivity index (χ3n) is 6.05. The minimum atomic E-state index is -0.606. The number of rotatable bonds is 9. The molecule has 0 atom stereocenters. The van der Waals surface area contributed by atoms with Gasteiger partial charge in [-0.05, 0) is 42.0 Å². The van der Waals surface area contributed by atoms with Crippen LogP contribution in [0, 0.1) is 0 Å². The van der Waals surface area contributed by atoms with Crippen molar-refractivity contribution >= 4 is 28.8 Å². The average molecular weight is 527 g/mol. The van der Waals surface area contributed by atoms with E-state index >= 15 is 0 Å². The number of hydrogen-bond acceptors (Lipinski definition) is 9. The smallest absolute Gasteiger partial charge is 0.363 e. The van der Waals surface area contributed by atoms with Crippen molar-refractivity contribution in [3.8, 4) is 28.9 Å². The molecule has 0 radical (unpaired) electrons. The molecular weight excluding hydrogens is 500 g/mol. The van der Waals surface area contributed by atoms with Crippen LogP contribution in [0.15, 0.2) is 77.4 Å². The molecule has 0 aliphatic carbocycles. The number of methoxy groups -OCH3 is 4. The maximum atomic E-state index is 12.7. The maximum Gasteiger partial charge on any atom is 0.363 e. The molecule has 9 heteroatoms. The lowest BCUT2D eigenvalue weighted by atomic mass is 10.1. The molecule has 0 saturated carbocycles. The third-order valence-corrected chi connectivity index (χ3v) is 6.05. The maximum absolute atomic E-state index is 12.7. The molecule has 5 rings (SSSR count). The molecule has 0 spiro atoms. The first-order valence-corrected chi connectivity index (χ1v) is 12.0. The van der Waals surface area contributed by atoms with E-state index in [1.807, 2.05) is 54.6 Å². The molecule has 0 N–H and O–H groups in total. The van der Waals surface area contributed by atoms with Gasteiger partial charge in [0.15, 0.2) is 17.2 Å². The van der Waals surface area contributed by atoms with Gasteiger partial charge >= 0.3 is 5.97 Å². The second kappa shape index (κ2) is 11.1. The van der Waals surface area contributed by atoms with Gasteiger partial charge in [0.25, 0.3) is 0 Å². The van der Waals surface area contributed by atoms with Gasteiger partial charge in [0.05, 0.1) is 34.0 Å². The summed E-state index contributed by atoms with van der Waals surface area (Å²) in [6, 6.07) is 20.7. The molecule has 3 aromatic carbocycles. The first-order chi connectivity index (χ1) is 19.0. The van der Waals surface area contributed by atoms with E-state index in [4.69, 9.17) is 28.4 Å². The molecule has 0 bridgehead atoms. The fraction of sp³-hybridized carbons (Fsp3) is 0.167. The van der Waals surface area contributed by atoms with Crippen LogP contribution in [0.4, 0.5) is 0 Å². The van der Waals surface area contributed by atoms with Crippen molar-refractivity contribution in [2.75, 3.05) is 28.4 Å². The van der Waals surface area contributed by atoms with Gasteiger partial charge in [-0.1, -0.05) is 30.3 Å². The molecule has 1 aliphatic heterocycles. The summed E-state index contributed by atoms with van der Waals surface area (Å²) in [5.74, 6) is 1.77. The molecule has 0 unspecified atom stereocenters. The van der Waals surface area contributed by atoms with Crippen LogP contribution in [0.25, 0.3) is 17.0 Å². The summed E-state index contributed by atoms with van der Waals surface area (Å²) in [6.45, 7) is 0.446. The zero-order chi connectivity index (χ0) is 27.4. The van der Waals surface area contributed by atoms with Crippen LogP contribution in [0.3, 0.4) is 0 Å². The van der Waals surface area contributed by atoms with Gasteiger partial charge in [-0.25, -0.2) is 14.8 Å². The predicted octanol–water partition coefficient (Wildman–Crippen LogP) is 5.19. The highest BCUT2D eigenvalue weighted by atomic mass is 16.6. The minimum absolute atomic E-state index is 0.0982. The van der Waals surface area contributed by atoms with Crippen LogP contribution in [0.5, 0.6) is 28.9 Å². The Labute approximate surface area is 225 Å². The van der Waals surface area contributed by atoms with Gasteiger partial charge in [-0.2, -0.15) is 0 Å². The number of aromatic nitrogens is 1. The Morgan fingerprint density at radius 1 is 0.846 bits per heavy atom. The summed E-state index contributed by atoms with van der Waals surface area (Å²) in [5.41, 5.74) is 2.92. The zero-order valence-corrected chi connectivity index (χ0v) is 21.9. The molecule has 4 aromatic rings. The fourth-order valence-electron chi connectivity index (χ4n) is 4.13. The second-order valence-corrected chi connectivity index (χ2v) is 8.47. The highest BCUT2D eigenvalue weighted by molar-refractivity contribution is 6.13. The van der Waals surface area contributed by atoms with Crippen LogP contribution in [0.2, 0.25) is 0 Å². The number of benzene rings is 3. The van der Waals surface area contributed by atoms with Crippen molar-refractivity contribution in [2.45, 2.75) is 6.61 Å². The van der Waals surface area contributed by atoms with Crippen molar-refractivity contribution in [1.82, 2.24) is 4.98 Å². The number of carbonyl (C=O) groups excluding carboxylic acids is 1. The van der Waals surface area contributed by atoms with Gasteiger partial charge in [-0.3, -0.25) is 0 Å². The van der Waals surface area contributed by atoms with Crippen molar-refractivity contribution in [1.29, 1.82) is 0 Å². The monoisotopic (exact) mass is 526 g/mol. The highest BCUT2D eigenvalue weighted by Gasteiger charge is 2.27. The van der Waals surface area contributed by atoms with Gasteiger partial charge in [0.2, 0.25) is 17.5 Å². The zero-order valence-electron chi connectivity index (χ0n) is 21.9. The molecule has 0 saturated heterocycles. The van der Waals surface area contributed by atoms with E-state index in [1.165, 1.54) is 28.4 Å². The van der Waals surface area contributed by atoms with E-state index < -0.39 is 5.97 Å². The highest BCUT2D eigenvalue weighted by Crippen LogP contribution is 2.39. The van der Waals surface area contributed by atoms with Gasteiger partial charge in [0.1, 0.15) is 12.4 Å². The van der Waals surface area contributed by atoms with E-state index in [-0.39, 0.29) is 11.6 Å². The first kappa shape index (κ1) is 25.6. The Bertz CT molecular complexity index is 1570. The number of pyridine rings is 1. The topological polar surface area (TPSA) is 97.7 Å². The van der Waals surface area contributed by atoms with Crippen molar-refractivity contribution < 1.29 is 33.2 Å². The fourth-order valence-corrected chi connectivity index (χ4v) is 4.13. The van der Waals surface area contributed by atoms with E-state index in [9.17, 15) is 4.79 Å². The summed E-state index contributed by atoms with van der Waals surface area (Å²) in [7, 11) is 6.04. The largest absolute Gasteiger partial charge is 0.493 e. The summed E-state index contributed by atoms with van der Waals surface area (Å²) in [6.07, 6.45) is 1.58. The van der Waals surface area contributed by atoms with Crippen LogP contribution in [0.1, 0.15) is 16.7 Å². The van der Waals surface area contributed by atoms with Crippen LogP contribution in [-0.4, -0.2) is 45.3 Å². The second-order valence-electron chi connectivity index (χ2n) is 8.47. The van der Waals surface area contributed by atoms with Gasteiger partial charge in [-0.15, -0.1) is 0 Å². The number of cyclic esters (lactones) is 1. The number of ether oxygens (including phenoxy) is 6.